The van der Waals surface area contributed by atoms with Crippen molar-refractivity contribution in [3.8, 4) is 0 Å². The first-order chi connectivity index (χ1) is 52.7. The fourth-order valence-electron chi connectivity index (χ4n) is 11.6. The van der Waals surface area contributed by atoms with Gasteiger partial charge in [-0.15, -0.1) is 0 Å². The van der Waals surface area contributed by atoms with Crippen LogP contribution in [0.3, 0.4) is 0 Å². The number of aliphatic hydroxyl groups is 9. The summed E-state index contributed by atoms with van der Waals surface area (Å²) in [5.41, 5.74) is 0.208. The van der Waals surface area contributed by atoms with E-state index in [4.69, 9.17) is 71.1 Å². The molecule has 0 aromatic carbocycles. The van der Waals surface area contributed by atoms with Crippen LogP contribution in [-0.2, 0) is 109 Å². The van der Waals surface area contributed by atoms with Crippen molar-refractivity contribution in [1.29, 1.82) is 0 Å². The lowest BCUT2D eigenvalue weighted by atomic mass is 9.89. The predicted molar refractivity (Wildman–Crippen MR) is 386 cm³/mol. The zero-order valence-corrected chi connectivity index (χ0v) is 64.8. The van der Waals surface area contributed by atoms with Crippen molar-refractivity contribution in [2.24, 2.45) is 11.3 Å². The molecule has 3 fully saturated rings. The number of hydrogen-bond donors (Lipinski definition) is 16. The topological polar surface area (TPSA) is 541 Å². The van der Waals surface area contributed by atoms with Crippen molar-refractivity contribution in [3.63, 3.8) is 0 Å². The number of ketones is 1. The highest BCUT2D eigenvalue weighted by Crippen LogP contribution is 2.26. The Balaban J connectivity index is 1.48. The number of aliphatic hydroxyl groups excluding tert-OH is 9. The van der Waals surface area contributed by atoms with E-state index in [1.54, 1.807) is 0 Å². The second-order valence-electron chi connectivity index (χ2n) is 27.9. The highest BCUT2D eigenvalue weighted by Gasteiger charge is 2.48. The van der Waals surface area contributed by atoms with E-state index in [1.807, 2.05) is 0 Å². The average Bonchev–Trinajstić information content (AvgIpc) is 0.821. The Kier molecular flexibility index (Phi) is 53.0. The molecule has 0 unspecified atom stereocenters. The third-order valence-corrected chi connectivity index (χ3v) is 17.5. The van der Waals surface area contributed by atoms with Crippen LogP contribution in [0.5, 0.6) is 0 Å². The second kappa shape index (κ2) is 58.8. The number of nitrogens with one attached hydrogen (secondary N) is 7. The van der Waals surface area contributed by atoms with Crippen molar-refractivity contribution in [2.75, 3.05) is 178 Å². The minimum Gasteiger partial charge on any atom is -0.394 e. The van der Waals surface area contributed by atoms with Crippen molar-refractivity contribution < 1.29 is 155 Å². The van der Waals surface area contributed by atoms with E-state index < -0.39 is 160 Å². The minimum absolute atomic E-state index is 0.00188. The molecule has 0 aliphatic carbocycles. The highest BCUT2D eigenvalue weighted by molar-refractivity contribution is 5.92. The lowest BCUT2D eigenvalue weighted by molar-refractivity contribution is -0.272. The Labute approximate surface area is 643 Å². The van der Waals surface area contributed by atoms with Gasteiger partial charge < -0.3 is 154 Å². The van der Waals surface area contributed by atoms with E-state index >= 15 is 0 Å². The first-order valence-corrected chi connectivity index (χ1v) is 38.1. The lowest BCUT2D eigenvalue weighted by Gasteiger charge is -2.42. The van der Waals surface area contributed by atoms with Gasteiger partial charge >= 0.3 is 0 Å². The fourth-order valence-corrected chi connectivity index (χ4v) is 11.6. The van der Waals surface area contributed by atoms with Crippen molar-refractivity contribution in [2.45, 2.75) is 217 Å². The van der Waals surface area contributed by atoms with Crippen molar-refractivity contribution in [1.82, 2.24) is 37.2 Å². The molecule has 3 saturated heterocycles. The summed E-state index contributed by atoms with van der Waals surface area (Å²) in [4.78, 5) is 102. The van der Waals surface area contributed by atoms with Gasteiger partial charge in [0.05, 0.1) is 145 Å². The summed E-state index contributed by atoms with van der Waals surface area (Å²) in [5, 5.41) is 109. The highest BCUT2D eigenvalue weighted by atomic mass is 16.7. The molecule has 110 heavy (non-hydrogen) atoms. The summed E-state index contributed by atoms with van der Waals surface area (Å²) in [6.07, 6.45) is -8.83. The van der Waals surface area contributed by atoms with Gasteiger partial charge in [-0.1, -0.05) is 46.5 Å². The van der Waals surface area contributed by atoms with Gasteiger partial charge in [0, 0.05) is 52.7 Å². The molecule has 3 aliphatic heterocycles. The zero-order chi connectivity index (χ0) is 81.1. The van der Waals surface area contributed by atoms with Gasteiger partial charge in [-0.3, -0.25) is 38.4 Å². The average molecular weight is 1590 g/mol. The molecule has 17 atom stereocenters. The fraction of sp³-hybridized carbons (Fsp3) is 0.887. The van der Waals surface area contributed by atoms with Crippen molar-refractivity contribution in [3.05, 3.63) is 0 Å². The molecule has 0 aromatic rings. The summed E-state index contributed by atoms with van der Waals surface area (Å²) in [7, 11) is 0. The lowest BCUT2D eigenvalue weighted by Crippen LogP contribution is -2.64. The van der Waals surface area contributed by atoms with E-state index in [0.29, 0.717) is 38.6 Å². The Hall–Kier alpha value is -5.00. The van der Waals surface area contributed by atoms with Crippen LogP contribution in [0.2, 0.25) is 0 Å². The van der Waals surface area contributed by atoms with Gasteiger partial charge in [0.15, 0.2) is 24.7 Å². The van der Waals surface area contributed by atoms with Crippen molar-refractivity contribution >= 4 is 47.1 Å². The van der Waals surface area contributed by atoms with E-state index in [9.17, 15) is 84.3 Å². The number of rotatable bonds is 63. The van der Waals surface area contributed by atoms with Crippen LogP contribution >= 0.6 is 0 Å². The summed E-state index contributed by atoms with van der Waals surface area (Å²) < 4.78 is 83.2. The standard InChI is InChI=1S/C71H129N7O32/c1-46(82)75-58-64(92)61(89)52(40-79)108-68(58)105-36-33-99-24-21-96-27-30-102-43-55(86)72-18-13-9-15-49(67(95)74-20-12-8-7-11-17-71(4,5)6)39-51(85)50(78-57(88)45-104-32-29-98-23-26-101-35-38-107-70-60(77-48(3)84)66(94)63(91)54(42-81)110-70)16-10-14-19-73-56(87)44-103-31-28-97-22-25-100-34-37-106-69-59(76-47(2)83)65(93)62(90)53(41-80)109-69/h49-50,52-54,58-66,68-70,79-81,89-94H,7-45H2,1-6H3,(H,72,86)(H,73,87)(H,74,95)(H,75,82)(H,76,83)(H,77,84)(H,78,88)/t49-,50-,52+,53+,54+,58+,59+,60+,61-,62-,63-,64+,65+,66+,68+,69+,70+/m0/s1. The van der Waals surface area contributed by atoms with Gasteiger partial charge in [0.25, 0.3) is 0 Å². The number of hydrogen-bond acceptors (Lipinski definition) is 32. The van der Waals surface area contributed by atoms with Crippen LogP contribution in [0, 0.1) is 11.3 Å². The van der Waals surface area contributed by atoms with E-state index in [0.717, 1.165) is 32.1 Å². The smallest absolute Gasteiger partial charge is 0.246 e. The van der Waals surface area contributed by atoms with E-state index in [2.05, 4.69) is 58.0 Å². The third kappa shape index (κ3) is 42.9. The quantitative estimate of drug-likeness (QED) is 0.0253. The molecule has 0 spiro atoms. The molecule has 0 radical (unpaired) electrons. The largest absolute Gasteiger partial charge is 0.394 e. The molecular weight excluding hydrogens is 1460 g/mol. The van der Waals surface area contributed by atoms with Gasteiger partial charge in [-0.25, -0.2) is 0 Å². The summed E-state index contributed by atoms with van der Waals surface area (Å²) >= 11 is 0. The van der Waals surface area contributed by atoms with Crippen LogP contribution in [-0.4, -0.2) is 369 Å². The molecule has 7 amide bonds. The molecule has 39 heteroatoms. The monoisotopic (exact) mass is 1590 g/mol. The van der Waals surface area contributed by atoms with Gasteiger partial charge in [0.1, 0.15) is 92.9 Å². The van der Waals surface area contributed by atoms with E-state index in [1.165, 1.54) is 20.8 Å². The molecule has 39 nitrogen and oxygen atoms in total. The first kappa shape index (κ1) is 99.2. The Bertz CT molecular complexity index is 2540. The predicted octanol–water partition coefficient (Wildman–Crippen LogP) is -5.24. The van der Waals surface area contributed by atoms with Crippen LogP contribution in [0.25, 0.3) is 0 Å². The number of unbranched alkanes of at least 4 members (excludes halogenated alkanes) is 5. The number of carbonyl (C=O) groups is 8. The maximum absolute atomic E-state index is 14.4. The summed E-state index contributed by atoms with van der Waals surface area (Å²) in [6.45, 7) is 10.2. The molecule has 16 N–H and O–H groups in total. The zero-order valence-electron chi connectivity index (χ0n) is 64.8. The maximum atomic E-state index is 14.4. The summed E-state index contributed by atoms with van der Waals surface area (Å²) in [5.74, 6) is -4.30. The van der Waals surface area contributed by atoms with Crippen LogP contribution in [0.15, 0.2) is 0 Å². The second-order valence-corrected chi connectivity index (χ2v) is 27.9. The Morgan fingerprint density at radius 1 is 0.373 bits per heavy atom. The molecule has 3 aliphatic rings. The van der Waals surface area contributed by atoms with E-state index in [-0.39, 0.29) is 181 Å². The first-order valence-electron chi connectivity index (χ1n) is 38.1. The molecular formula is C71H129N7O32. The van der Waals surface area contributed by atoms with Gasteiger partial charge in [-0.2, -0.15) is 0 Å². The Morgan fingerprint density at radius 3 is 1.03 bits per heavy atom. The molecule has 640 valence electrons. The minimum atomic E-state index is -1.46. The summed E-state index contributed by atoms with van der Waals surface area (Å²) in [6, 6.07) is -4.30. The number of carbonyl (C=O) groups excluding carboxylic acids is 8. The van der Waals surface area contributed by atoms with Gasteiger partial charge in [-0.05, 0) is 50.4 Å². The maximum Gasteiger partial charge on any atom is 0.246 e. The van der Waals surface area contributed by atoms with Gasteiger partial charge in [0.2, 0.25) is 41.4 Å². The Morgan fingerprint density at radius 2 is 0.682 bits per heavy atom. The third-order valence-electron chi connectivity index (χ3n) is 17.5. The molecule has 0 aromatic heterocycles. The molecule has 3 heterocycles. The van der Waals surface area contributed by atoms with Crippen LogP contribution in [0.1, 0.15) is 119 Å². The normalized spacial score (nSPS) is 24.7. The SMILES string of the molecule is CC(=O)N[C@H]1[C@H](OCCOCCOCCOCC(=O)NCCCC[C@@H](CC(=O)[C@H](CCCCNC(=O)COCCOCCOCCO[C@@H]2O[C@H](CO)[C@H](O)[C@H](O)[C@H]2NC(C)=O)NC(=O)COCCOCCOCCO[C@@H]2O[C@H](CO)[C@H](O)[C@H](O)[C@H]2NC(C)=O)C(=O)NCCCCCCC(C)(C)C)O[C@H](CO)[C@H](O)[C@@H]1O. The van der Waals surface area contributed by atoms with Crippen LogP contribution < -0.4 is 37.2 Å². The molecule has 0 bridgehead atoms. The van der Waals surface area contributed by atoms with Crippen LogP contribution in [0.4, 0.5) is 0 Å². The molecule has 3 rings (SSSR count). The number of amides is 7. The number of Topliss-reactive ketones (excluding diaryl/α,β-unsaturated/α-hetero) is 1. The molecule has 0 saturated carbocycles. The number of ether oxygens (including phenoxy) is 15.